The van der Waals surface area contributed by atoms with Crippen LogP contribution in [0.3, 0.4) is 0 Å². The molecule has 1 N–H and O–H groups in total. The van der Waals surface area contributed by atoms with Crippen LogP contribution in [0.5, 0.6) is 0 Å². The highest BCUT2D eigenvalue weighted by atomic mass is 32.2. The standard InChI is InChI=1S/C8H18N2O3S/c1-4-14(12,13)9-6-5-7-10(3)8(2)11/h9H,4-7H2,1-3H3. The number of rotatable bonds is 6. The molecule has 14 heavy (non-hydrogen) atoms. The molecule has 0 atom stereocenters. The zero-order valence-corrected chi connectivity index (χ0v) is 9.73. The van der Waals surface area contributed by atoms with Gasteiger partial charge in [0.15, 0.2) is 0 Å². The lowest BCUT2D eigenvalue weighted by molar-refractivity contribution is -0.127. The van der Waals surface area contributed by atoms with E-state index in [4.69, 9.17) is 0 Å². The number of hydrogen-bond acceptors (Lipinski definition) is 3. The lowest BCUT2D eigenvalue weighted by Crippen LogP contribution is -2.30. The summed E-state index contributed by atoms with van der Waals surface area (Å²) in [4.78, 5) is 12.3. The third-order valence-electron chi connectivity index (χ3n) is 1.91. The number of nitrogens with zero attached hydrogens (tertiary/aromatic N) is 1. The van der Waals surface area contributed by atoms with Crippen molar-refractivity contribution in [3.63, 3.8) is 0 Å². The highest BCUT2D eigenvalue weighted by Crippen LogP contribution is 1.89. The van der Waals surface area contributed by atoms with E-state index in [-0.39, 0.29) is 11.7 Å². The van der Waals surface area contributed by atoms with Gasteiger partial charge < -0.3 is 4.90 Å². The summed E-state index contributed by atoms with van der Waals surface area (Å²) in [6.07, 6.45) is 0.634. The van der Waals surface area contributed by atoms with Crippen LogP contribution in [-0.4, -0.2) is 45.1 Å². The summed E-state index contributed by atoms with van der Waals surface area (Å²) >= 11 is 0. The van der Waals surface area contributed by atoms with Gasteiger partial charge in [-0.25, -0.2) is 13.1 Å². The van der Waals surface area contributed by atoms with E-state index < -0.39 is 10.0 Å². The van der Waals surface area contributed by atoms with Crippen molar-refractivity contribution in [1.29, 1.82) is 0 Å². The maximum absolute atomic E-state index is 11.0. The molecule has 0 saturated heterocycles. The van der Waals surface area contributed by atoms with Crippen LogP contribution in [0.15, 0.2) is 0 Å². The molecular weight excluding hydrogens is 204 g/mol. The van der Waals surface area contributed by atoms with Crippen molar-refractivity contribution in [1.82, 2.24) is 9.62 Å². The molecule has 0 heterocycles. The lowest BCUT2D eigenvalue weighted by atomic mass is 10.4. The Kier molecular flexibility index (Phi) is 5.71. The Labute approximate surface area is 85.5 Å². The van der Waals surface area contributed by atoms with Gasteiger partial charge in [0.2, 0.25) is 15.9 Å². The first-order valence-electron chi connectivity index (χ1n) is 4.58. The van der Waals surface area contributed by atoms with Gasteiger partial charge in [0.25, 0.3) is 0 Å². The molecule has 0 saturated carbocycles. The number of amides is 1. The summed E-state index contributed by atoms with van der Waals surface area (Å²) in [7, 11) is -1.40. The minimum atomic E-state index is -3.09. The summed E-state index contributed by atoms with van der Waals surface area (Å²) in [5.74, 6) is 0.0820. The Balaban J connectivity index is 3.62. The largest absolute Gasteiger partial charge is 0.346 e. The van der Waals surface area contributed by atoms with Crippen LogP contribution in [0.1, 0.15) is 20.3 Å². The summed E-state index contributed by atoms with van der Waals surface area (Å²) in [5, 5.41) is 0. The molecular formula is C8H18N2O3S. The van der Waals surface area contributed by atoms with Crippen molar-refractivity contribution in [2.45, 2.75) is 20.3 Å². The minimum Gasteiger partial charge on any atom is -0.346 e. The molecule has 0 aromatic heterocycles. The van der Waals surface area contributed by atoms with Gasteiger partial charge in [-0.15, -0.1) is 0 Å². The maximum atomic E-state index is 11.0. The predicted molar refractivity (Wildman–Crippen MR) is 55.4 cm³/mol. The Morgan fingerprint density at radius 2 is 2.00 bits per heavy atom. The second-order valence-electron chi connectivity index (χ2n) is 3.09. The fourth-order valence-corrected chi connectivity index (χ4v) is 1.46. The first-order chi connectivity index (χ1) is 6.39. The monoisotopic (exact) mass is 222 g/mol. The molecule has 0 spiro atoms. The molecule has 0 rings (SSSR count). The minimum absolute atomic E-state index is 0.0108. The molecule has 84 valence electrons. The fraction of sp³-hybridized carbons (Fsp3) is 0.875. The number of nitrogens with one attached hydrogen (secondary N) is 1. The normalized spacial score (nSPS) is 11.4. The van der Waals surface area contributed by atoms with Gasteiger partial charge in [0, 0.05) is 27.1 Å². The van der Waals surface area contributed by atoms with Crippen LogP contribution in [0, 0.1) is 0 Å². The van der Waals surface area contributed by atoms with Crippen molar-refractivity contribution in [2.24, 2.45) is 0 Å². The first-order valence-corrected chi connectivity index (χ1v) is 6.23. The molecule has 0 aliphatic heterocycles. The molecule has 0 aliphatic rings. The Bertz CT molecular complexity index is 274. The Morgan fingerprint density at radius 3 is 2.43 bits per heavy atom. The Morgan fingerprint density at radius 1 is 1.43 bits per heavy atom. The molecule has 6 heteroatoms. The van der Waals surface area contributed by atoms with Crippen molar-refractivity contribution in [3.05, 3.63) is 0 Å². The summed E-state index contributed by atoms with van der Waals surface area (Å²) in [6, 6.07) is 0. The van der Waals surface area contributed by atoms with E-state index in [2.05, 4.69) is 4.72 Å². The predicted octanol–water partition coefficient (Wildman–Crippen LogP) is -0.206. The molecule has 0 bridgehead atoms. The van der Waals surface area contributed by atoms with Gasteiger partial charge in [-0.05, 0) is 13.3 Å². The van der Waals surface area contributed by atoms with Crippen LogP contribution < -0.4 is 4.72 Å². The van der Waals surface area contributed by atoms with Crippen LogP contribution in [-0.2, 0) is 14.8 Å². The van der Waals surface area contributed by atoms with Crippen molar-refractivity contribution >= 4 is 15.9 Å². The second-order valence-corrected chi connectivity index (χ2v) is 5.19. The zero-order chi connectivity index (χ0) is 11.2. The number of hydrogen-bond donors (Lipinski definition) is 1. The van der Waals surface area contributed by atoms with E-state index in [9.17, 15) is 13.2 Å². The van der Waals surface area contributed by atoms with E-state index >= 15 is 0 Å². The van der Waals surface area contributed by atoms with E-state index in [1.54, 1.807) is 18.9 Å². The molecule has 5 nitrogen and oxygen atoms in total. The van der Waals surface area contributed by atoms with Crippen molar-refractivity contribution in [2.75, 3.05) is 25.9 Å². The van der Waals surface area contributed by atoms with Gasteiger partial charge >= 0.3 is 0 Å². The van der Waals surface area contributed by atoms with Gasteiger partial charge in [0.1, 0.15) is 0 Å². The van der Waals surface area contributed by atoms with E-state index in [1.165, 1.54) is 6.92 Å². The highest BCUT2D eigenvalue weighted by molar-refractivity contribution is 7.89. The summed E-state index contributed by atoms with van der Waals surface area (Å²) in [5.41, 5.74) is 0. The van der Waals surface area contributed by atoms with Crippen LogP contribution in [0.25, 0.3) is 0 Å². The Hall–Kier alpha value is -0.620. The molecule has 0 aromatic carbocycles. The van der Waals surface area contributed by atoms with E-state index in [0.29, 0.717) is 19.5 Å². The van der Waals surface area contributed by atoms with Crippen molar-refractivity contribution < 1.29 is 13.2 Å². The topological polar surface area (TPSA) is 66.5 Å². The van der Waals surface area contributed by atoms with Gasteiger partial charge in [-0.3, -0.25) is 4.79 Å². The zero-order valence-electron chi connectivity index (χ0n) is 8.91. The van der Waals surface area contributed by atoms with Gasteiger partial charge in [-0.2, -0.15) is 0 Å². The summed E-state index contributed by atoms with van der Waals surface area (Å²) in [6.45, 7) is 4.02. The number of carbonyl (C=O) groups excluding carboxylic acids is 1. The quantitative estimate of drug-likeness (QED) is 0.633. The van der Waals surface area contributed by atoms with E-state index in [1.807, 2.05) is 0 Å². The second kappa shape index (κ2) is 5.98. The molecule has 1 amide bonds. The first kappa shape index (κ1) is 13.4. The smallest absolute Gasteiger partial charge is 0.219 e. The fourth-order valence-electron chi connectivity index (χ4n) is 0.803. The molecule has 0 fully saturated rings. The van der Waals surface area contributed by atoms with E-state index in [0.717, 1.165) is 0 Å². The van der Waals surface area contributed by atoms with Gasteiger partial charge in [-0.1, -0.05) is 0 Å². The van der Waals surface area contributed by atoms with Crippen LogP contribution >= 0.6 is 0 Å². The third kappa shape index (κ3) is 5.93. The molecule has 0 radical (unpaired) electrons. The number of sulfonamides is 1. The summed E-state index contributed by atoms with van der Waals surface area (Å²) < 4.78 is 24.4. The molecule has 0 aliphatic carbocycles. The molecule has 0 aromatic rings. The lowest BCUT2D eigenvalue weighted by Gasteiger charge is -2.14. The maximum Gasteiger partial charge on any atom is 0.219 e. The highest BCUT2D eigenvalue weighted by Gasteiger charge is 2.05. The van der Waals surface area contributed by atoms with Crippen LogP contribution in [0.4, 0.5) is 0 Å². The average molecular weight is 222 g/mol. The van der Waals surface area contributed by atoms with Crippen LogP contribution in [0.2, 0.25) is 0 Å². The van der Waals surface area contributed by atoms with Gasteiger partial charge in [0.05, 0.1) is 5.75 Å². The third-order valence-corrected chi connectivity index (χ3v) is 3.31. The molecule has 0 unspecified atom stereocenters. The number of carbonyl (C=O) groups is 1. The van der Waals surface area contributed by atoms with Crippen molar-refractivity contribution in [3.8, 4) is 0 Å². The average Bonchev–Trinajstić information content (AvgIpc) is 2.12. The SMILES string of the molecule is CCS(=O)(=O)NCCCN(C)C(C)=O.